The van der Waals surface area contributed by atoms with Crippen molar-refractivity contribution in [1.82, 2.24) is 10.2 Å². The Hall–Kier alpha value is -1.84. The molecule has 0 saturated carbocycles. The van der Waals surface area contributed by atoms with Gasteiger partial charge in [-0.15, -0.1) is 0 Å². The molecule has 1 unspecified atom stereocenters. The molecule has 1 saturated heterocycles. The van der Waals surface area contributed by atoms with Crippen LogP contribution >= 0.6 is 0 Å². The number of furan rings is 1. The van der Waals surface area contributed by atoms with Crippen molar-refractivity contribution in [1.29, 1.82) is 5.26 Å². The Balaban J connectivity index is 2.02. The summed E-state index contributed by atoms with van der Waals surface area (Å²) in [4.78, 5) is 13.3. The van der Waals surface area contributed by atoms with E-state index in [1.807, 2.05) is 4.90 Å². The van der Waals surface area contributed by atoms with Crippen LogP contribution in [0.3, 0.4) is 0 Å². The summed E-state index contributed by atoms with van der Waals surface area (Å²) < 4.78 is 9.96. The molecule has 0 spiro atoms. The van der Waals surface area contributed by atoms with Crippen molar-refractivity contribution in [2.45, 2.75) is 12.6 Å². The maximum absolute atomic E-state index is 11.2. The predicted octanol–water partition coefficient (Wildman–Crippen LogP) is 0.364. The molecular formula is C12H15N3O3. The van der Waals surface area contributed by atoms with E-state index in [1.165, 1.54) is 7.11 Å². The predicted molar refractivity (Wildman–Crippen MR) is 62.7 cm³/mol. The molecule has 1 aliphatic rings. The number of hydrogen-bond acceptors (Lipinski definition) is 6. The van der Waals surface area contributed by atoms with Crippen LogP contribution < -0.4 is 5.32 Å². The second-order valence-electron chi connectivity index (χ2n) is 4.08. The van der Waals surface area contributed by atoms with Crippen molar-refractivity contribution in [3.63, 3.8) is 0 Å². The summed E-state index contributed by atoms with van der Waals surface area (Å²) in [6.45, 7) is 2.81. The molecule has 1 aliphatic heterocycles. The van der Waals surface area contributed by atoms with E-state index >= 15 is 0 Å². The first-order valence-electron chi connectivity index (χ1n) is 5.76. The summed E-state index contributed by atoms with van der Waals surface area (Å²) in [5, 5.41) is 12.2. The Labute approximate surface area is 105 Å². The van der Waals surface area contributed by atoms with Crippen LogP contribution in [0.5, 0.6) is 0 Å². The van der Waals surface area contributed by atoms with E-state index in [0.29, 0.717) is 18.8 Å². The molecule has 2 rings (SSSR count). The van der Waals surface area contributed by atoms with Crippen LogP contribution in [0.25, 0.3) is 0 Å². The highest BCUT2D eigenvalue weighted by Crippen LogP contribution is 2.14. The van der Waals surface area contributed by atoms with Crippen molar-refractivity contribution in [3.8, 4) is 6.07 Å². The highest BCUT2D eigenvalue weighted by atomic mass is 16.5. The first-order chi connectivity index (χ1) is 8.74. The van der Waals surface area contributed by atoms with Gasteiger partial charge in [-0.05, 0) is 12.1 Å². The van der Waals surface area contributed by atoms with E-state index < -0.39 is 5.97 Å². The van der Waals surface area contributed by atoms with E-state index in [2.05, 4.69) is 16.1 Å². The van der Waals surface area contributed by atoms with Crippen LogP contribution in [0.1, 0.15) is 16.3 Å². The number of carbonyl (C=O) groups is 1. The van der Waals surface area contributed by atoms with Gasteiger partial charge in [0.15, 0.2) is 0 Å². The lowest BCUT2D eigenvalue weighted by Crippen LogP contribution is -2.49. The Bertz CT molecular complexity index is 463. The Kier molecular flexibility index (Phi) is 3.97. The summed E-state index contributed by atoms with van der Waals surface area (Å²) >= 11 is 0. The number of carbonyl (C=O) groups excluding carboxylic acids is 1. The number of esters is 1. The molecule has 1 fully saturated rings. The molecular weight excluding hydrogens is 234 g/mol. The van der Waals surface area contributed by atoms with Gasteiger partial charge in [-0.3, -0.25) is 4.90 Å². The molecule has 0 aromatic carbocycles. The SMILES string of the molecule is COC(=O)c1ccc(CN2CCNCC2C#N)o1. The number of rotatable bonds is 3. The number of nitrogens with zero attached hydrogens (tertiary/aromatic N) is 2. The van der Waals surface area contributed by atoms with Crippen molar-refractivity contribution < 1.29 is 13.9 Å². The smallest absolute Gasteiger partial charge is 0.373 e. The first-order valence-corrected chi connectivity index (χ1v) is 5.76. The van der Waals surface area contributed by atoms with Crippen molar-refractivity contribution in [3.05, 3.63) is 23.7 Å². The first kappa shape index (κ1) is 12.6. The molecule has 1 aromatic rings. The molecule has 0 radical (unpaired) electrons. The lowest BCUT2D eigenvalue weighted by atomic mass is 10.2. The van der Waals surface area contributed by atoms with Gasteiger partial charge in [0, 0.05) is 19.6 Å². The lowest BCUT2D eigenvalue weighted by molar-refractivity contribution is 0.0560. The molecule has 96 valence electrons. The van der Waals surface area contributed by atoms with Crippen LogP contribution in [-0.4, -0.2) is 43.7 Å². The van der Waals surface area contributed by atoms with E-state index in [9.17, 15) is 4.79 Å². The van der Waals surface area contributed by atoms with Crippen molar-refractivity contribution in [2.24, 2.45) is 0 Å². The Morgan fingerprint density at radius 1 is 1.72 bits per heavy atom. The molecule has 1 aromatic heterocycles. The molecule has 6 nitrogen and oxygen atoms in total. The van der Waals surface area contributed by atoms with Gasteiger partial charge in [0.2, 0.25) is 5.76 Å². The number of nitrogens with one attached hydrogen (secondary N) is 1. The third-order valence-electron chi connectivity index (χ3n) is 2.91. The fourth-order valence-corrected chi connectivity index (χ4v) is 1.94. The van der Waals surface area contributed by atoms with Crippen LogP contribution in [0, 0.1) is 11.3 Å². The summed E-state index contributed by atoms with van der Waals surface area (Å²) in [5.41, 5.74) is 0. The monoisotopic (exact) mass is 249 g/mol. The molecule has 1 N–H and O–H groups in total. The van der Waals surface area contributed by atoms with Gasteiger partial charge >= 0.3 is 5.97 Å². The van der Waals surface area contributed by atoms with E-state index in [1.54, 1.807) is 12.1 Å². The fraction of sp³-hybridized carbons (Fsp3) is 0.500. The maximum atomic E-state index is 11.2. The Morgan fingerprint density at radius 3 is 3.28 bits per heavy atom. The standard InChI is InChI=1S/C12H15N3O3/c1-17-12(16)11-3-2-10(18-11)8-15-5-4-14-7-9(15)6-13/h2-3,9,14H,4-5,7-8H2,1H3. The average molecular weight is 249 g/mol. The number of hydrogen-bond donors (Lipinski definition) is 1. The van der Waals surface area contributed by atoms with Crippen LogP contribution in [-0.2, 0) is 11.3 Å². The summed E-state index contributed by atoms with van der Waals surface area (Å²) in [6.07, 6.45) is 0. The van der Waals surface area contributed by atoms with Crippen molar-refractivity contribution in [2.75, 3.05) is 26.7 Å². The number of ether oxygens (including phenoxy) is 1. The molecule has 0 bridgehead atoms. The van der Waals surface area contributed by atoms with Gasteiger partial charge in [-0.1, -0.05) is 0 Å². The second-order valence-corrected chi connectivity index (χ2v) is 4.08. The maximum Gasteiger partial charge on any atom is 0.373 e. The fourth-order valence-electron chi connectivity index (χ4n) is 1.94. The van der Waals surface area contributed by atoms with Crippen LogP contribution in [0.2, 0.25) is 0 Å². The molecule has 0 aliphatic carbocycles. The number of piperazine rings is 1. The quantitative estimate of drug-likeness (QED) is 0.779. The molecule has 1 atom stereocenters. The second kappa shape index (κ2) is 5.67. The zero-order valence-corrected chi connectivity index (χ0v) is 10.2. The summed E-state index contributed by atoms with van der Waals surface area (Å²) in [5.74, 6) is 0.368. The Morgan fingerprint density at radius 2 is 2.56 bits per heavy atom. The van der Waals surface area contributed by atoms with Crippen molar-refractivity contribution >= 4 is 5.97 Å². The van der Waals surface area contributed by atoms with Gasteiger partial charge in [-0.2, -0.15) is 5.26 Å². The summed E-state index contributed by atoms with van der Waals surface area (Å²) in [6, 6.07) is 5.41. The minimum absolute atomic E-state index is 0.162. The summed E-state index contributed by atoms with van der Waals surface area (Å²) in [7, 11) is 1.31. The van der Waals surface area contributed by atoms with Gasteiger partial charge in [0.1, 0.15) is 11.8 Å². The van der Waals surface area contributed by atoms with Crippen LogP contribution in [0.15, 0.2) is 16.5 Å². The van der Waals surface area contributed by atoms with Gasteiger partial charge < -0.3 is 14.5 Å². The molecule has 6 heteroatoms. The number of methoxy groups -OCH3 is 1. The molecule has 2 heterocycles. The minimum Gasteiger partial charge on any atom is -0.463 e. The minimum atomic E-state index is -0.488. The van der Waals surface area contributed by atoms with Gasteiger partial charge in [0.25, 0.3) is 0 Å². The highest BCUT2D eigenvalue weighted by molar-refractivity contribution is 5.86. The van der Waals surface area contributed by atoms with E-state index in [0.717, 1.165) is 13.1 Å². The highest BCUT2D eigenvalue weighted by Gasteiger charge is 2.23. The molecule has 0 amide bonds. The average Bonchev–Trinajstić information content (AvgIpc) is 2.87. The zero-order chi connectivity index (χ0) is 13.0. The third kappa shape index (κ3) is 2.70. The normalized spacial score (nSPS) is 20.3. The zero-order valence-electron chi connectivity index (χ0n) is 10.2. The largest absolute Gasteiger partial charge is 0.463 e. The van der Waals surface area contributed by atoms with Gasteiger partial charge in [-0.25, -0.2) is 4.79 Å². The third-order valence-corrected chi connectivity index (χ3v) is 2.91. The van der Waals surface area contributed by atoms with Crippen LogP contribution in [0.4, 0.5) is 0 Å². The van der Waals surface area contributed by atoms with Gasteiger partial charge in [0.05, 0.1) is 19.7 Å². The van der Waals surface area contributed by atoms with E-state index in [4.69, 9.17) is 9.68 Å². The number of nitriles is 1. The lowest BCUT2D eigenvalue weighted by Gasteiger charge is -2.30. The van der Waals surface area contributed by atoms with E-state index in [-0.39, 0.29) is 11.8 Å². The molecule has 18 heavy (non-hydrogen) atoms. The topological polar surface area (TPSA) is 78.5 Å².